The lowest BCUT2D eigenvalue weighted by Gasteiger charge is -2.29. The predicted octanol–water partition coefficient (Wildman–Crippen LogP) is 9.34. The third-order valence-electron chi connectivity index (χ3n) is 8.24. The number of carbonyl (C=O) groups is 1. The van der Waals surface area contributed by atoms with Gasteiger partial charge in [0.25, 0.3) is 0 Å². The number of aromatic nitrogens is 4. The summed E-state index contributed by atoms with van der Waals surface area (Å²) >= 11 is 7.91. The Morgan fingerprint density at radius 1 is 1.11 bits per heavy atom. The Bertz CT molecular complexity index is 1830. The standard InChI is InChI=1S/C35H39ClN4O3S/c1-7-42-34(41)30(43-35(3,4)5)27-20(2)17-26-31(28(27)21-13-15-24(36)16-14-21)44-33(38-26)23-18-25-29(22-11-9-8-10-12-22)39-40(6)32(25)37-19-23/h13-19,22,30H,7-12H2,1-6H3/t30-/m0/s1. The van der Waals surface area contributed by atoms with Crippen LogP contribution >= 0.6 is 22.9 Å². The van der Waals surface area contributed by atoms with E-state index in [4.69, 9.17) is 36.1 Å². The highest BCUT2D eigenvalue weighted by atomic mass is 35.5. The first-order valence-electron chi connectivity index (χ1n) is 15.4. The van der Waals surface area contributed by atoms with Crippen LogP contribution in [-0.2, 0) is 21.3 Å². The summed E-state index contributed by atoms with van der Waals surface area (Å²) in [5, 5.41) is 7.53. The molecule has 0 unspecified atom stereocenters. The van der Waals surface area contributed by atoms with Gasteiger partial charge in [-0.2, -0.15) is 5.10 Å². The molecule has 6 rings (SSSR count). The van der Waals surface area contributed by atoms with Crippen LogP contribution in [0.4, 0.5) is 0 Å². The average molecular weight is 631 g/mol. The minimum Gasteiger partial charge on any atom is -0.464 e. The van der Waals surface area contributed by atoms with Crippen molar-refractivity contribution in [2.75, 3.05) is 6.61 Å². The van der Waals surface area contributed by atoms with Crippen molar-refractivity contribution in [3.05, 3.63) is 64.4 Å². The maximum Gasteiger partial charge on any atom is 0.339 e. The number of aryl methyl sites for hydroxylation is 2. The monoisotopic (exact) mass is 630 g/mol. The number of rotatable bonds is 7. The molecule has 1 saturated carbocycles. The smallest absolute Gasteiger partial charge is 0.339 e. The van der Waals surface area contributed by atoms with E-state index in [-0.39, 0.29) is 6.61 Å². The lowest BCUT2D eigenvalue weighted by Crippen LogP contribution is -2.29. The van der Waals surface area contributed by atoms with E-state index in [0.717, 1.165) is 59.8 Å². The van der Waals surface area contributed by atoms with Gasteiger partial charge in [0.1, 0.15) is 5.01 Å². The number of nitrogens with zero attached hydrogens (tertiary/aromatic N) is 4. The van der Waals surface area contributed by atoms with E-state index in [1.54, 1.807) is 11.3 Å². The molecule has 0 bridgehead atoms. The average Bonchev–Trinajstić information content (AvgIpc) is 3.56. The number of halogens is 1. The van der Waals surface area contributed by atoms with Crippen molar-refractivity contribution < 1.29 is 14.3 Å². The first kappa shape index (κ1) is 30.7. The van der Waals surface area contributed by atoms with E-state index >= 15 is 0 Å². The van der Waals surface area contributed by atoms with E-state index in [2.05, 4.69) is 6.07 Å². The van der Waals surface area contributed by atoms with Gasteiger partial charge in [-0.3, -0.25) is 4.68 Å². The summed E-state index contributed by atoms with van der Waals surface area (Å²) in [7, 11) is 1.97. The fourth-order valence-electron chi connectivity index (χ4n) is 6.33. The molecule has 1 fully saturated rings. The number of carbonyl (C=O) groups excluding carboxylic acids is 1. The summed E-state index contributed by atoms with van der Waals surface area (Å²) in [5.74, 6) is 0.0514. The van der Waals surface area contributed by atoms with Crippen molar-refractivity contribution in [2.45, 2.75) is 84.3 Å². The molecular formula is C35H39ClN4O3S. The van der Waals surface area contributed by atoms with Crippen LogP contribution in [0.2, 0.25) is 5.02 Å². The number of ether oxygens (including phenoxy) is 2. The Balaban J connectivity index is 1.55. The second-order valence-corrected chi connectivity index (χ2v) is 14.1. The zero-order valence-corrected chi connectivity index (χ0v) is 27.8. The minimum atomic E-state index is -0.915. The highest BCUT2D eigenvalue weighted by molar-refractivity contribution is 7.22. The summed E-state index contributed by atoms with van der Waals surface area (Å²) in [4.78, 5) is 23.4. The quantitative estimate of drug-likeness (QED) is 0.167. The zero-order chi connectivity index (χ0) is 31.2. The molecule has 5 aromatic rings. The number of esters is 1. The van der Waals surface area contributed by atoms with Gasteiger partial charge in [-0.05, 0) is 82.9 Å². The van der Waals surface area contributed by atoms with Crippen LogP contribution in [-0.4, -0.2) is 37.9 Å². The van der Waals surface area contributed by atoms with Crippen molar-refractivity contribution >= 4 is 50.2 Å². The normalized spacial score (nSPS) is 15.2. The molecule has 230 valence electrons. The van der Waals surface area contributed by atoms with E-state index in [0.29, 0.717) is 10.9 Å². The molecule has 0 spiro atoms. The molecule has 0 N–H and O–H groups in total. The molecule has 3 aromatic heterocycles. The minimum absolute atomic E-state index is 0.262. The largest absolute Gasteiger partial charge is 0.464 e. The Labute approximate surface area is 267 Å². The van der Waals surface area contributed by atoms with Gasteiger partial charge in [-0.1, -0.05) is 43.0 Å². The SMILES string of the molecule is CCOC(=O)[C@@H](OC(C)(C)C)c1c(C)cc2nc(-c3cnc4c(c3)c(C3CCCCC3)nn4C)sc2c1-c1ccc(Cl)cc1. The molecule has 3 heterocycles. The van der Waals surface area contributed by atoms with Crippen LogP contribution < -0.4 is 0 Å². The van der Waals surface area contributed by atoms with Crippen LogP contribution in [0.25, 0.3) is 42.9 Å². The Hall–Kier alpha value is -3.33. The van der Waals surface area contributed by atoms with E-state index in [1.165, 1.54) is 32.1 Å². The lowest BCUT2D eigenvalue weighted by molar-refractivity contribution is -0.166. The summed E-state index contributed by atoms with van der Waals surface area (Å²) in [5.41, 5.74) is 6.79. The highest BCUT2D eigenvalue weighted by Crippen LogP contribution is 2.45. The Kier molecular flexibility index (Phi) is 8.52. The molecule has 0 saturated heterocycles. The second kappa shape index (κ2) is 12.2. The van der Waals surface area contributed by atoms with Gasteiger partial charge >= 0.3 is 5.97 Å². The van der Waals surface area contributed by atoms with Crippen LogP contribution in [0, 0.1) is 6.92 Å². The molecule has 1 aliphatic carbocycles. The summed E-state index contributed by atoms with van der Waals surface area (Å²) in [6.45, 7) is 9.92. The molecule has 0 aliphatic heterocycles. The maximum atomic E-state index is 13.5. The topological polar surface area (TPSA) is 79.1 Å². The van der Waals surface area contributed by atoms with Crippen LogP contribution in [0.15, 0.2) is 42.6 Å². The molecule has 1 atom stereocenters. The molecule has 1 aliphatic rings. The van der Waals surface area contributed by atoms with Gasteiger partial charge in [0.15, 0.2) is 11.8 Å². The van der Waals surface area contributed by atoms with Crippen molar-refractivity contribution in [1.29, 1.82) is 0 Å². The highest BCUT2D eigenvalue weighted by Gasteiger charge is 2.33. The van der Waals surface area contributed by atoms with E-state index in [1.807, 2.05) is 82.9 Å². The van der Waals surface area contributed by atoms with Crippen LogP contribution in [0.1, 0.15) is 88.6 Å². The Morgan fingerprint density at radius 3 is 2.52 bits per heavy atom. The fraction of sp³-hybridized carbons (Fsp3) is 0.429. The van der Waals surface area contributed by atoms with Gasteiger partial charge in [0.2, 0.25) is 0 Å². The molecule has 0 radical (unpaired) electrons. The predicted molar refractivity (Wildman–Crippen MR) is 178 cm³/mol. The third-order valence-corrected chi connectivity index (χ3v) is 9.63. The molecule has 0 amide bonds. The number of fused-ring (bicyclic) bond motifs is 2. The van der Waals surface area contributed by atoms with Gasteiger partial charge in [-0.15, -0.1) is 11.3 Å². The lowest BCUT2D eigenvalue weighted by atomic mass is 9.86. The fourth-order valence-corrected chi connectivity index (χ4v) is 7.57. The van der Waals surface area contributed by atoms with Crippen LogP contribution in [0.5, 0.6) is 0 Å². The maximum absolute atomic E-state index is 13.5. The van der Waals surface area contributed by atoms with Gasteiger partial charge in [0, 0.05) is 46.3 Å². The number of benzene rings is 2. The molecular weight excluding hydrogens is 592 g/mol. The van der Waals surface area contributed by atoms with Gasteiger partial charge in [-0.25, -0.2) is 14.8 Å². The summed E-state index contributed by atoms with van der Waals surface area (Å²) in [6.07, 6.45) is 7.10. The molecule has 7 nitrogen and oxygen atoms in total. The van der Waals surface area contributed by atoms with Crippen LogP contribution in [0.3, 0.4) is 0 Å². The summed E-state index contributed by atoms with van der Waals surface area (Å²) < 4.78 is 14.8. The second-order valence-electron chi connectivity index (χ2n) is 12.7. The number of hydrogen-bond acceptors (Lipinski definition) is 7. The number of pyridine rings is 1. The third kappa shape index (κ3) is 6.00. The van der Waals surface area contributed by atoms with Gasteiger partial charge in [0.05, 0.1) is 28.1 Å². The number of hydrogen-bond donors (Lipinski definition) is 0. The van der Waals surface area contributed by atoms with Crippen molar-refractivity contribution in [2.24, 2.45) is 7.05 Å². The Morgan fingerprint density at radius 2 is 1.84 bits per heavy atom. The molecule has 9 heteroatoms. The molecule has 44 heavy (non-hydrogen) atoms. The number of thiazole rings is 1. The van der Waals surface area contributed by atoms with E-state index < -0.39 is 17.7 Å². The first-order chi connectivity index (χ1) is 21.0. The summed E-state index contributed by atoms with van der Waals surface area (Å²) in [6, 6.07) is 12.0. The van der Waals surface area contributed by atoms with Crippen molar-refractivity contribution in [3.8, 4) is 21.7 Å². The van der Waals surface area contributed by atoms with Crippen molar-refractivity contribution in [3.63, 3.8) is 0 Å². The van der Waals surface area contributed by atoms with Crippen molar-refractivity contribution in [1.82, 2.24) is 19.7 Å². The first-order valence-corrected chi connectivity index (χ1v) is 16.6. The zero-order valence-electron chi connectivity index (χ0n) is 26.2. The van der Waals surface area contributed by atoms with E-state index in [9.17, 15) is 4.79 Å². The molecule has 2 aromatic carbocycles. The van der Waals surface area contributed by atoms with Gasteiger partial charge < -0.3 is 9.47 Å².